The summed E-state index contributed by atoms with van der Waals surface area (Å²) in [6.45, 7) is 0. The molecule has 13 heavy (non-hydrogen) atoms. The van der Waals surface area contributed by atoms with Gasteiger partial charge in [0.15, 0.2) is 5.82 Å². The maximum Gasteiger partial charge on any atom is 0.169 e. The van der Waals surface area contributed by atoms with Gasteiger partial charge in [0.2, 0.25) is 0 Å². The fourth-order valence-electron chi connectivity index (χ4n) is 1.40. The van der Waals surface area contributed by atoms with Crippen molar-refractivity contribution in [2.45, 2.75) is 12.3 Å². The van der Waals surface area contributed by atoms with E-state index in [1.54, 1.807) is 0 Å². The van der Waals surface area contributed by atoms with Crippen molar-refractivity contribution in [2.75, 3.05) is 23.0 Å². The van der Waals surface area contributed by atoms with Crippen molar-refractivity contribution in [3.05, 3.63) is 11.8 Å². The van der Waals surface area contributed by atoms with Gasteiger partial charge < -0.3 is 11.5 Å². The highest BCUT2D eigenvalue weighted by Crippen LogP contribution is 2.31. The monoisotopic (exact) mass is 196 g/mol. The van der Waals surface area contributed by atoms with Crippen LogP contribution in [0.3, 0.4) is 0 Å². The lowest BCUT2D eigenvalue weighted by molar-refractivity contribution is 0.731. The number of hydrogen-bond acceptors (Lipinski definition) is 5. The van der Waals surface area contributed by atoms with E-state index in [1.807, 2.05) is 17.8 Å². The predicted molar refractivity (Wildman–Crippen MR) is 55.5 cm³/mol. The molecule has 1 atom stereocenters. The molecule has 1 aromatic rings. The van der Waals surface area contributed by atoms with E-state index in [-0.39, 0.29) is 0 Å². The largest absolute Gasteiger partial charge is 0.396 e. The van der Waals surface area contributed by atoms with Crippen LogP contribution in [0, 0.1) is 0 Å². The maximum atomic E-state index is 5.65. The number of anilines is 2. The maximum absolute atomic E-state index is 5.65. The molecular formula is C8H12N4S. The van der Waals surface area contributed by atoms with Crippen LogP contribution in [-0.4, -0.2) is 21.7 Å². The van der Waals surface area contributed by atoms with Gasteiger partial charge in [0.25, 0.3) is 0 Å². The van der Waals surface area contributed by atoms with E-state index in [0.717, 1.165) is 11.4 Å². The van der Waals surface area contributed by atoms with E-state index >= 15 is 0 Å². The summed E-state index contributed by atoms with van der Waals surface area (Å²) in [5.41, 5.74) is 12.7. The van der Waals surface area contributed by atoms with E-state index < -0.39 is 0 Å². The Morgan fingerprint density at radius 1 is 1.38 bits per heavy atom. The molecule has 0 bridgehead atoms. The van der Waals surface area contributed by atoms with Crippen LogP contribution in [-0.2, 0) is 0 Å². The Balaban J connectivity index is 2.25. The van der Waals surface area contributed by atoms with Gasteiger partial charge in [-0.3, -0.25) is 0 Å². The normalized spacial score (nSPS) is 22.0. The second-order valence-corrected chi connectivity index (χ2v) is 4.32. The highest BCUT2D eigenvalue weighted by Gasteiger charge is 2.19. The summed E-state index contributed by atoms with van der Waals surface area (Å²) in [5.74, 6) is 3.17. The summed E-state index contributed by atoms with van der Waals surface area (Å²) in [4.78, 5) is 0. The quantitative estimate of drug-likeness (QED) is 0.696. The average Bonchev–Trinajstić information content (AvgIpc) is 2.62. The number of nitrogen functional groups attached to an aromatic ring is 2. The molecule has 2 heterocycles. The van der Waals surface area contributed by atoms with Crippen molar-refractivity contribution in [1.29, 1.82) is 0 Å². The Hall–Kier alpha value is -0.970. The molecule has 4 N–H and O–H groups in total. The van der Waals surface area contributed by atoms with Crippen molar-refractivity contribution in [1.82, 2.24) is 10.2 Å². The summed E-state index contributed by atoms with van der Waals surface area (Å²) in [5, 5.41) is 7.87. The van der Waals surface area contributed by atoms with Gasteiger partial charge >= 0.3 is 0 Å². The fraction of sp³-hybridized carbons (Fsp3) is 0.500. The van der Waals surface area contributed by atoms with E-state index in [0.29, 0.717) is 17.4 Å². The van der Waals surface area contributed by atoms with Crippen molar-refractivity contribution in [2.24, 2.45) is 0 Å². The zero-order valence-electron chi connectivity index (χ0n) is 7.23. The molecule has 0 aliphatic carbocycles. The van der Waals surface area contributed by atoms with Gasteiger partial charge in [-0.15, -0.1) is 5.10 Å². The number of rotatable bonds is 1. The molecule has 70 valence electrons. The van der Waals surface area contributed by atoms with Gasteiger partial charge in [-0.25, -0.2) is 0 Å². The van der Waals surface area contributed by atoms with Gasteiger partial charge in [-0.05, 0) is 18.2 Å². The van der Waals surface area contributed by atoms with Crippen molar-refractivity contribution in [3.8, 4) is 0 Å². The Morgan fingerprint density at radius 2 is 2.23 bits per heavy atom. The van der Waals surface area contributed by atoms with Gasteiger partial charge in [0.05, 0.1) is 11.4 Å². The first-order chi connectivity index (χ1) is 6.27. The molecule has 1 aromatic heterocycles. The van der Waals surface area contributed by atoms with Gasteiger partial charge in [0.1, 0.15) is 0 Å². The second-order valence-electron chi connectivity index (χ2n) is 3.17. The van der Waals surface area contributed by atoms with Gasteiger partial charge in [-0.1, -0.05) is 0 Å². The minimum absolute atomic E-state index is 0.328. The van der Waals surface area contributed by atoms with Crippen molar-refractivity contribution < 1.29 is 0 Å². The molecular weight excluding hydrogens is 184 g/mol. The minimum Gasteiger partial charge on any atom is -0.396 e. The average molecular weight is 196 g/mol. The lowest BCUT2D eigenvalue weighted by Gasteiger charge is -2.07. The van der Waals surface area contributed by atoms with Crippen LogP contribution in [0.15, 0.2) is 6.07 Å². The lowest BCUT2D eigenvalue weighted by Crippen LogP contribution is -2.06. The Kier molecular flexibility index (Phi) is 2.26. The molecule has 0 spiro atoms. The molecule has 2 rings (SSSR count). The lowest BCUT2D eigenvalue weighted by atomic mass is 10.0. The first-order valence-corrected chi connectivity index (χ1v) is 5.39. The van der Waals surface area contributed by atoms with Crippen LogP contribution in [0.4, 0.5) is 11.5 Å². The Morgan fingerprint density at radius 3 is 2.85 bits per heavy atom. The molecule has 1 saturated heterocycles. The van der Waals surface area contributed by atoms with Gasteiger partial charge in [0, 0.05) is 11.7 Å². The number of thioether (sulfide) groups is 1. The zero-order chi connectivity index (χ0) is 9.26. The minimum atomic E-state index is 0.328. The first kappa shape index (κ1) is 8.62. The second kappa shape index (κ2) is 3.41. The van der Waals surface area contributed by atoms with Crippen LogP contribution < -0.4 is 11.5 Å². The summed E-state index contributed by atoms with van der Waals surface area (Å²) < 4.78 is 0. The third kappa shape index (κ3) is 1.70. The smallest absolute Gasteiger partial charge is 0.169 e. The summed E-state index contributed by atoms with van der Waals surface area (Å²) in [6, 6.07) is 1.85. The topological polar surface area (TPSA) is 77.8 Å². The molecule has 4 nitrogen and oxygen atoms in total. The number of aromatic nitrogens is 2. The summed E-state index contributed by atoms with van der Waals surface area (Å²) in [6.07, 6.45) is 1.17. The molecule has 1 aliphatic rings. The third-order valence-electron chi connectivity index (χ3n) is 2.22. The molecule has 0 saturated carbocycles. The van der Waals surface area contributed by atoms with Crippen molar-refractivity contribution in [3.63, 3.8) is 0 Å². The first-order valence-electron chi connectivity index (χ1n) is 4.23. The van der Waals surface area contributed by atoms with Gasteiger partial charge in [-0.2, -0.15) is 16.9 Å². The third-order valence-corrected chi connectivity index (χ3v) is 3.38. The van der Waals surface area contributed by atoms with Crippen LogP contribution in [0.25, 0.3) is 0 Å². The summed E-state index contributed by atoms with van der Waals surface area (Å²) in [7, 11) is 0. The predicted octanol–water partition coefficient (Wildman–Crippen LogP) is 0.861. The molecule has 1 aliphatic heterocycles. The molecule has 1 fully saturated rings. The standard InChI is InChI=1S/C8H12N4S/c9-6-3-7(11-12-8(6)10)5-1-2-13-4-5/h3,5H,1-2,4H2,(H2,9,11)(H2,10,12). The molecule has 0 radical (unpaired) electrons. The van der Waals surface area contributed by atoms with Crippen molar-refractivity contribution >= 4 is 23.3 Å². The van der Waals surface area contributed by atoms with E-state index in [1.165, 1.54) is 12.2 Å². The SMILES string of the molecule is Nc1cc(C2CCSC2)nnc1N. The Labute approximate surface area is 81.1 Å². The number of nitrogens with two attached hydrogens (primary N) is 2. The number of hydrogen-bond donors (Lipinski definition) is 2. The van der Waals surface area contributed by atoms with Crippen LogP contribution in [0.5, 0.6) is 0 Å². The molecule has 5 heteroatoms. The van der Waals surface area contributed by atoms with E-state index in [9.17, 15) is 0 Å². The van der Waals surface area contributed by atoms with E-state index in [4.69, 9.17) is 11.5 Å². The van der Waals surface area contributed by atoms with Crippen LogP contribution >= 0.6 is 11.8 Å². The molecule has 0 amide bonds. The van der Waals surface area contributed by atoms with Crippen LogP contribution in [0.1, 0.15) is 18.0 Å². The fourth-order valence-corrected chi connectivity index (χ4v) is 2.64. The number of nitrogens with zero attached hydrogens (tertiary/aromatic N) is 2. The highest BCUT2D eigenvalue weighted by molar-refractivity contribution is 7.99. The Bertz CT molecular complexity index is 309. The van der Waals surface area contributed by atoms with Crippen LogP contribution in [0.2, 0.25) is 0 Å². The zero-order valence-corrected chi connectivity index (χ0v) is 8.05. The molecule has 0 aromatic carbocycles. The molecule has 1 unspecified atom stereocenters. The highest BCUT2D eigenvalue weighted by atomic mass is 32.2. The van der Waals surface area contributed by atoms with E-state index in [2.05, 4.69) is 10.2 Å². The summed E-state index contributed by atoms with van der Waals surface area (Å²) >= 11 is 1.95.